The van der Waals surface area contributed by atoms with Gasteiger partial charge in [0.25, 0.3) is 5.91 Å². The van der Waals surface area contributed by atoms with E-state index >= 15 is 0 Å². The highest BCUT2D eigenvalue weighted by molar-refractivity contribution is 5.94. The lowest BCUT2D eigenvalue weighted by molar-refractivity contribution is -0.137. The maximum absolute atomic E-state index is 12.7. The number of nitrogens with zero attached hydrogens (tertiary/aromatic N) is 1. The predicted molar refractivity (Wildman–Crippen MR) is 95.1 cm³/mol. The highest BCUT2D eigenvalue weighted by Gasteiger charge is 2.30. The molecule has 1 heterocycles. The summed E-state index contributed by atoms with van der Waals surface area (Å²) < 4.78 is 38.2. The van der Waals surface area contributed by atoms with Gasteiger partial charge in [-0.05, 0) is 55.2 Å². The Morgan fingerprint density at radius 2 is 1.69 bits per heavy atom. The number of carbonyl (C=O) groups excluding carboxylic acids is 1. The van der Waals surface area contributed by atoms with E-state index in [4.69, 9.17) is 0 Å². The second kappa shape index (κ2) is 7.81. The minimum Gasteiger partial charge on any atom is -0.372 e. The highest BCUT2D eigenvalue weighted by atomic mass is 19.4. The number of benzene rings is 2. The number of piperidine rings is 1. The molecule has 0 saturated carbocycles. The quantitative estimate of drug-likeness (QED) is 0.860. The fraction of sp³-hybridized carbons (Fsp3) is 0.350. The lowest BCUT2D eigenvalue weighted by atomic mass is 10.1. The highest BCUT2D eigenvalue weighted by Crippen LogP contribution is 2.29. The van der Waals surface area contributed by atoms with Gasteiger partial charge >= 0.3 is 6.18 Å². The van der Waals surface area contributed by atoms with Crippen LogP contribution in [0.4, 0.5) is 18.9 Å². The molecule has 0 atom stereocenters. The van der Waals surface area contributed by atoms with Gasteiger partial charge in [0.15, 0.2) is 0 Å². The fourth-order valence-corrected chi connectivity index (χ4v) is 3.10. The van der Waals surface area contributed by atoms with E-state index in [1.165, 1.54) is 31.4 Å². The number of hydrogen-bond acceptors (Lipinski definition) is 2. The lowest BCUT2D eigenvalue weighted by Crippen LogP contribution is -2.29. The maximum atomic E-state index is 12.7. The average Bonchev–Trinajstić information content (AvgIpc) is 2.66. The summed E-state index contributed by atoms with van der Waals surface area (Å²) in [4.78, 5) is 14.5. The molecule has 1 N–H and O–H groups in total. The Balaban J connectivity index is 1.59. The van der Waals surface area contributed by atoms with Crippen LogP contribution in [-0.4, -0.2) is 19.0 Å². The molecule has 1 aliphatic rings. The number of rotatable bonds is 4. The molecular formula is C20H21F3N2O. The van der Waals surface area contributed by atoms with Crippen LogP contribution in [0.2, 0.25) is 0 Å². The monoisotopic (exact) mass is 362 g/mol. The van der Waals surface area contributed by atoms with Gasteiger partial charge in [-0.15, -0.1) is 0 Å². The van der Waals surface area contributed by atoms with Gasteiger partial charge in [0.05, 0.1) is 5.56 Å². The van der Waals surface area contributed by atoms with Crippen LogP contribution in [0.25, 0.3) is 0 Å². The van der Waals surface area contributed by atoms with Crippen molar-refractivity contribution in [2.24, 2.45) is 0 Å². The van der Waals surface area contributed by atoms with Crippen LogP contribution in [0.15, 0.2) is 48.5 Å². The third kappa shape index (κ3) is 4.56. The topological polar surface area (TPSA) is 32.3 Å². The Bertz CT molecular complexity index is 750. The smallest absolute Gasteiger partial charge is 0.372 e. The minimum atomic E-state index is -4.46. The molecule has 138 valence electrons. The molecule has 1 amide bonds. The molecule has 2 aromatic carbocycles. The Morgan fingerprint density at radius 3 is 2.35 bits per heavy atom. The Morgan fingerprint density at radius 1 is 1.00 bits per heavy atom. The third-order valence-electron chi connectivity index (χ3n) is 4.56. The number of anilines is 1. The first-order valence-electron chi connectivity index (χ1n) is 8.73. The van der Waals surface area contributed by atoms with Gasteiger partial charge in [-0.2, -0.15) is 13.2 Å². The van der Waals surface area contributed by atoms with Gasteiger partial charge < -0.3 is 10.2 Å². The first-order chi connectivity index (χ1) is 12.4. The van der Waals surface area contributed by atoms with Crippen molar-refractivity contribution in [2.75, 3.05) is 18.0 Å². The molecule has 0 aliphatic carbocycles. The number of hydrogen-bond donors (Lipinski definition) is 1. The Kier molecular flexibility index (Phi) is 5.49. The standard InChI is InChI=1S/C20H21F3N2O/c21-20(22,23)17-6-4-5-16(13-17)19(26)24-14-15-7-9-18(10-8-15)25-11-2-1-3-12-25/h4-10,13H,1-3,11-12,14H2,(H,24,26). The van der Waals surface area contributed by atoms with E-state index in [1.807, 2.05) is 24.3 Å². The Labute approximate surface area is 150 Å². The first-order valence-corrected chi connectivity index (χ1v) is 8.73. The summed E-state index contributed by atoms with van der Waals surface area (Å²) in [5, 5.41) is 2.67. The summed E-state index contributed by atoms with van der Waals surface area (Å²) >= 11 is 0. The van der Waals surface area contributed by atoms with Crippen molar-refractivity contribution in [1.29, 1.82) is 0 Å². The minimum absolute atomic E-state index is 0.00441. The van der Waals surface area contributed by atoms with Crippen LogP contribution < -0.4 is 10.2 Å². The molecule has 0 aromatic heterocycles. The molecular weight excluding hydrogens is 341 g/mol. The largest absolute Gasteiger partial charge is 0.416 e. The van der Waals surface area contributed by atoms with Gasteiger partial charge in [-0.25, -0.2) is 0 Å². The van der Waals surface area contributed by atoms with Crippen molar-refractivity contribution < 1.29 is 18.0 Å². The van der Waals surface area contributed by atoms with E-state index in [-0.39, 0.29) is 12.1 Å². The average molecular weight is 362 g/mol. The first kappa shape index (κ1) is 18.3. The molecule has 2 aromatic rings. The van der Waals surface area contributed by atoms with E-state index in [0.29, 0.717) is 0 Å². The van der Waals surface area contributed by atoms with Gasteiger partial charge in [0, 0.05) is 30.9 Å². The van der Waals surface area contributed by atoms with Crippen LogP contribution in [0.1, 0.15) is 40.7 Å². The lowest BCUT2D eigenvalue weighted by Gasteiger charge is -2.28. The summed E-state index contributed by atoms with van der Waals surface area (Å²) in [5.74, 6) is -0.517. The molecule has 3 nitrogen and oxygen atoms in total. The number of nitrogens with one attached hydrogen (secondary N) is 1. The molecule has 1 fully saturated rings. The molecule has 1 aliphatic heterocycles. The molecule has 1 saturated heterocycles. The van der Waals surface area contributed by atoms with Crippen molar-refractivity contribution >= 4 is 11.6 Å². The summed E-state index contributed by atoms with van der Waals surface area (Å²) in [6.45, 7) is 2.40. The van der Waals surface area contributed by atoms with Gasteiger partial charge in [0.2, 0.25) is 0 Å². The molecule has 0 radical (unpaired) electrons. The van der Waals surface area contributed by atoms with Crippen LogP contribution in [0, 0.1) is 0 Å². The summed E-state index contributed by atoms with van der Waals surface area (Å²) in [7, 11) is 0. The van der Waals surface area contributed by atoms with Crippen molar-refractivity contribution in [3.05, 3.63) is 65.2 Å². The van der Waals surface area contributed by atoms with Crippen molar-refractivity contribution in [1.82, 2.24) is 5.32 Å². The SMILES string of the molecule is O=C(NCc1ccc(N2CCCCC2)cc1)c1cccc(C(F)(F)F)c1. The number of carbonyl (C=O) groups is 1. The van der Waals surface area contributed by atoms with E-state index < -0.39 is 17.6 Å². The van der Waals surface area contributed by atoms with Gasteiger partial charge in [-0.3, -0.25) is 4.79 Å². The Hall–Kier alpha value is -2.50. The molecule has 0 unspecified atom stereocenters. The summed E-state index contributed by atoms with van der Waals surface area (Å²) in [5.41, 5.74) is 1.25. The molecule has 0 spiro atoms. The second-order valence-corrected chi connectivity index (χ2v) is 6.48. The van der Waals surface area contributed by atoms with E-state index in [2.05, 4.69) is 10.2 Å². The number of amides is 1. The van der Waals surface area contributed by atoms with Crippen molar-refractivity contribution in [3.8, 4) is 0 Å². The zero-order chi connectivity index (χ0) is 18.6. The van der Waals surface area contributed by atoms with Crippen molar-refractivity contribution in [3.63, 3.8) is 0 Å². The van der Waals surface area contributed by atoms with Crippen LogP contribution in [0.5, 0.6) is 0 Å². The summed E-state index contributed by atoms with van der Waals surface area (Å²) in [6, 6.07) is 12.4. The molecule has 3 rings (SSSR count). The predicted octanol–water partition coefficient (Wildman–Crippen LogP) is 4.63. The number of alkyl halides is 3. The van der Waals surface area contributed by atoms with Crippen LogP contribution in [-0.2, 0) is 12.7 Å². The van der Waals surface area contributed by atoms with Gasteiger partial charge in [-0.1, -0.05) is 18.2 Å². The fourth-order valence-electron chi connectivity index (χ4n) is 3.10. The summed E-state index contributed by atoms with van der Waals surface area (Å²) in [6.07, 6.45) is -0.777. The maximum Gasteiger partial charge on any atom is 0.416 e. The molecule has 26 heavy (non-hydrogen) atoms. The van der Waals surface area contributed by atoms with Crippen molar-refractivity contribution in [2.45, 2.75) is 32.0 Å². The second-order valence-electron chi connectivity index (χ2n) is 6.48. The van der Waals surface area contributed by atoms with E-state index in [9.17, 15) is 18.0 Å². The van der Waals surface area contributed by atoms with E-state index in [0.717, 1.165) is 36.5 Å². The third-order valence-corrected chi connectivity index (χ3v) is 4.56. The van der Waals surface area contributed by atoms with Crippen LogP contribution in [0.3, 0.4) is 0 Å². The van der Waals surface area contributed by atoms with Gasteiger partial charge in [0.1, 0.15) is 0 Å². The number of halogens is 3. The zero-order valence-corrected chi connectivity index (χ0v) is 14.4. The van der Waals surface area contributed by atoms with E-state index in [1.54, 1.807) is 0 Å². The zero-order valence-electron chi connectivity index (χ0n) is 14.4. The van der Waals surface area contributed by atoms with Crippen LogP contribution >= 0.6 is 0 Å². The molecule has 6 heteroatoms. The molecule has 0 bridgehead atoms. The normalized spacial score (nSPS) is 15.0.